The lowest BCUT2D eigenvalue weighted by Gasteiger charge is -2.19. The van der Waals surface area contributed by atoms with E-state index in [4.69, 9.17) is 4.74 Å². The molecule has 0 bridgehead atoms. The van der Waals surface area contributed by atoms with Crippen molar-refractivity contribution in [1.29, 1.82) is 0 Å². The number of amides is 1. The van der Waals surface area contributed by atoms with Crippen molar-refractivity contribution in [2.75, 3.05) is 11.9 Å². The van der Waals surface area contributed by atoms with Crippen LogP contribution in [-0.4, -0.2) is 33.2 Å². The summed E-state index contributed by atoms with van der Waals surface area (Å²) < 4.78 is 7.94. The summed E-state index contributed by atoms with van der Waals surface area (Å²) in [5, 5.41) is 16.3. The van der Waals surface area contributed by atoms with Gasteiger partial charge in [-0.3, -0.25) is 5.32 Å². The molecule has 1 heterocycles. The molecule has 0 aliphatic heterocycles. The van der Waals surface area contributed by atoms with Crippen LogP contribution in [0.4, 0.5) is 10.6 Å². The number of aromatic nitrogens is 2. The number of nitrogens with one attached hydrogen (secondary N) is 1. The van der Waals surface area contributed by atoms with Gasteiger partial charge in [-0.15, -0.1) is 0 Å². The molecule has 2 rings (SSSR count). The van der Waals surface area contributed by atoms with E-state index in [0.717, 1.165) is 14.8 Å². The highest BCUT2D eigenvalue weighted by molar-refractivity contribution is 14.1. The van der Waals surface area contributed by atoms with E-state index in [2.05, 4.69) is 33.0 Å². The second-order valence-electron chi connectivity index (χ2n) is 6.00. The molecule has 0 aliphatic rings. The molecule has 2 aromatic rings. The third-order valence-corrected chi connectivity index (χ3v) is 3.58. The summed E-state index contributed by atoms with van der Waals surface area (Å²) in [5.74, 6) is 0.488. The molecular formula is C16H20IN3O3. The Morgan fingerprint density at radius 2 is 2.00 bits per heavy atom. The maximum Gasteiger partial charge on any atom is 0.413 e. The van der Waals surface area contributed by atoms with E-state index in [1.807, 2.05) is 24.3 Å². The topological polar surface area (TPSA) is 76.4 Å². The molecule has 0 saturated carbocycles. The van der Waals surface area contributed by atoms with Crippen LogP contribution in [0.5, 0.6) is 0 Å². The van der Waals surface area contributed by atoms with Gasteiger partial charge < -0.3 is 9.84 Å². The van der Waals surface area contributed by atoms with Crippen LogP contribution in [0.1, 0.15) is 20.8 Å². The predicted octanol–water partition coefficient (Wildman–Crippen LogP) is 3.49. The molecule has 0 saturated heterocycles. The molecule has 6 nitrogen and oxygen atoms in total. The fraction of sp³-hybridized carbons (Fsp3) is 0.375. The zero-order chi connectivity index (χ0) is 17.0. The standard InChI is InChI=1S/C16H20IN3O3/c1-16(2,3)23-15(22)18-14-10-13(19-20(14)8-9-21)11-4-6-12(17)7-5-11/h4-7,10,21H,8-9H2,1-3H3,(H,18,22). The lowest BCUT2D eigenvalue weighted by atomic mass is 10.1. The van der Waals surface area contributed by atoms with Crippen LogP contribution in [0.2, 0.25) is 0 Å². The van der Waals surface area contributed by atoms with Crippen LogP contribution in [-0.2, 0) is 11.3 Å². The quantitative estimate of drug-likeness (QED) is 0.730. The zero-order valence-corrected chi connectivity index (χ0v) is 15.5. The number of rotatable bonds is 4. The van der Waals surface area contributed by atoms with E-state index in [9.17, 15) is 9.90 Å². The molecule has 0 fully saturated rings. The van der Waals surface area contributed by atoms with Crippen molar-refractivity contribution in [2.24, 2.45) is 0 Å². The second-order valence-corrected chi connectivity index (χ2v) is 7.24. The number of benzene rings is 1. The molecule has 2 N–H and O–H groups in total. The number of anilines is 1. The molecular weight excluding hydrogens is 409 g/mol. The van der Waals surface area contributed by atoms with Gasteiger partial charge in [-0.1, -0.05) is 12.1 Å². The monoisotopic (exact) mass is 429 g/mol. The lowest BCUT2D eigenvalue weighted by molar-refractivity contribution is 0.0634. The first-order valence-corrected chi connectivity index (χ1v) is 8.31. The van der Waals surface area contributed by atoms with Crippen LogP contribution in [0, 0.1) is 3.57 Å². The minimum Gasteiger partial charge on any atom is -0.444 e. The number of carbonyl (C=O) groups excluding carboxylic acids is 1. The van der Waals surface area contributed by atoms with Gasteiger partial charge in [0.15, 0.2) is 0 Å². The van der Waals surface area contributed by atoms with E-state index in [-0.39, 0.29) is 13.2 Å². The van der Waals surface area contributed by atoms with Gasteiger partial charge in [-0.2, -0.15) is 5.10 Å². The van der Waals surface area contributed by atoms with Gasteiger partial charge in [0.1, 0.15) is 11.4 Å². The molecule has 0 radical (unpaired) electrons. The number of aliphatic hydroxyl groups excluding tert-OH is 1. The van der Waals surface area contributed by atoms with E-state index >= 15 is 0 Å². The van der Waals surface area contributed by atoms with Crippen LogP contribution >= 0.6 is 22.6 Å². The second kappa shape index (κ2) is 7.31. The highest BCUT2D eigenvalue weighted by Crippen LogP contribution is 2.23. The summed E-state index contributed by atoms with van der Waals surface area (Å²) >= 11 is 2.24. The highest BCUT2D eigenvalue weighted by atomic mass is 127. The van der Waals surface area contributed by atoms with Crippen molar-refractivity contribution in [3.63, 3.8) is 0 Å². The Labute approximate surface area is 149 Å². The molecule has 0 atom stereocenters. The van der Waals surface area contributed by atoms with Crippen LogP contribution < -0.4 is 5.32 Å². The van der Waals surface area contributed by atoms with Gasteiger partial charge in [0.2, 0.25) is 0 Å². The van der Waals surface area contributed by atoms with Gasteiger partial charge in [0.25, 0.3) is 0 Å². The lowest BCUT2D eigenvalue weighted by Crippen LogP contribution is -2.28. The van der Waals surface area contributed by atoms with Gasteiger partial charge in [0, 0.05) is 15.2 Å². The average Bonchev–Trinajstić information content (AvgIpc) is 2.81. The normalized spacial score (nSPS) is 11.3. The van der Waals surface area contributed by atoms with Gasteiger partial charge >= 0.3 is 6.09 Å². The fourth-order valence-corrected chi connectivity index (χ4v) is 2.31. The summed E-state index contributed by atoms with van der Waals surface area (Å²) in [4.78, 5) is 11.9. The number of nitrogens with zero attached hydrogens (tertiary/aromatic N) is 2. The number of ether oxygens (including phenoxy) is 1. The molecule has 7 heteroatoms. The largest absolute Gasteiger partial charge is 0.444 e. The molecule has 0 unspecified atom stereocenters. The molecule has 124 valence electrons. The number of halogens is 1. The Bertz CT molecular complexity index is 675. The van der Waals surface area contributed by atoms with Crippen molar-refractivity contribution in [3.8, 4) is 11.3 Å². The highest BCUT2D eigenvalue weighted by Gasteiger charge is 2.18. The minimum absolute atomic E-state index is 0.0726. The third kappa shape index (κ3) is 5.21. The predicted molar refractivity (Wildman–Crippen MR) is 97.3 cm³/mol. The molecule has 0 spiro atoms. The van der Waals surface area contributed by atoms with Crippen molar-refractivity contribution < 1.29 is 14.6 Å². The van der Waals surface area contributed by atoms with Crippen molar-refractivity contribution in [3.05, 3.63) is 33.9 Å². The zero-order valence-electron chi connectivity index (χ0n) is 13.3. The summed E-state index contributed by atoms with van der Waals surface area (Å²) in [7, 11) is 0. The Kier molecular flexibility index (Phi) is 5.64. The summed E-state index contributed by atoms with van der Waals surface area (Å²) in [6.45, 7) is 5.62. The third-order valence-electron chi connectivity index (χ3n) is 2.86. The Hall–Kier alpha value is -1.61. The summed E-state index contributed by atoms with van der Waals surface area (Å²) in [6, 6.07) is 9.67. The number of hydrogen-bond donors (Lipinski definition) is 2. The van der Waals surface area contributed by atoms with E-state index in [0.29, 0.717) is 5.82 Å². The smallest absolute Gasteiger partial charge is 0.413 e. The number of carbonyl (C=O) groups is 1. The maximum absolute atomic E-state index is 11.9. The SMILES string of the molecule is CC(C)(C)OC(=O)Nc1cc(-c2ccc(I)cc2)nn1CCO. The van der Waals surface area contributed by atoms with Crippen LogP contribution in [0.25, 0.3) is 11.3 Å². The molecule has 0 aliphatic carbocycles. The number of hydrogen-bond acceptors (Lipinski definition) is 4. The van der Waals surface area contributed by atoms with Gasteiger partial charge in [-0.25, -0.2) is 9.48 Å². The van der Waals surface area contributed by atoms with Gasteiger partial charge in [0.05, 0.1) is 18.8 Å². The Balaban J connectivity index is 2.24. The van der Waals surface area contributed by atoms with Gasteiger partial charge in [-0.05, 0) is 55.5 Å². The summed E-state index contributed by atoms with van der Waals surface area (Å²) in [5.41, 5.74) is 1.08. The summed E-state index contributed by atoms with van der Waals surface area (Å²) in [6.07, 6.45) is -0.550. The first-order chi connectivity index (χ1) is 10.8. The minimum atomic E-state index is -0.579. The van der Waals surface area contributed by atoms with Crippen LogP contribution in [0.3, 0.4) is 0 Å². The Morgan fingerprint density at radius 1 is 1.35 bits per heavy atom. The van der Waals surface area contributed by atoms with Crippen molar-refractivity contribution in [2.45, 2.75) is 32.9 Å². The van der Waals surface area contributed by atoms with E-state index < -0.39 is 11.7 Å². The van der Waals surface area contributed by atoms with E-state index in [1.54, 1.807) is 31.5 Å². The first-order valence-electron chi connectivity index (χ1n) is 7.23. The number of aliphatic hydroxyl groups is 1. The molecule has 23 heavy (non-hydrogen) atoms. The molecule has 1 amide bonds. The van der Waals surface area contributed by atoms with Crippen molar-refractivity contribution in [1.82, 2.24) is 9.78 Å². The molecule has 1 aromatic carbocycles. The Morgan fingerprint density at radius 3 is 2.57 bits per heavy atom. The van der Waals surface area contributed by atoms with E-state index in [1.165, 1.54) is 0 Å². The van der Waals surface area contributed by atoms with Crippen molar-refractivity contribution >= 4 is 34.5 Å². The first kappa shape index (κ1) is 17.7. The fourth-order valence-electron chi connectivity index (χ4n) is 1.95. The van der Waals surface area contributed by atoms with Crippen LogP contribution in [0.15, 0.2) is 30.3 Å². The molecule has 1 aromatic heterocycles. The average molecular weight is 429 g/mol. The maximum atomic E-state index is 11.9.